The number of amides is 2. The molecule has 2 amide bonds. The molecular formula is C21H37N3O6. The second-order valence-electron chi connectivity index (χ2n) is 8.29. The van der Waals surface area contributed by atoms with Gasteiger partial charge in [-0.1, -0.05) is 25.7 Å². The lowest BCUT2D eigenvalue weighted by Gasteiger charge is -2.46. The highest BCUT2D eigenvalue weighted by molar-refractivity contribution is 5.89. The summed E-state index contributed by atoms with van der Waals surface area (Å²) in [6, 6.07) is 0. The van der Waals surface area contributed by atoms with Crippen LogP contribution in [0.4, 0.5) is 0 Å². The molecule has 3 fully saturated rings. The predicted molar refractivity (Wildman–Crippen MR) is 111 cm³/mol. The van der Waals surface area contributed by atoms with Gasteiger partial charge in [0, 0.05) is 51.8 Å². The molecule has 1 saturated carbocycles. The fourth-order valence-corrected chi connectivity index (χ4v) is 4.79. The zero-order chi connectivity index (χ0) is 21.8. The van der Waals surface area contributed by atoms with Crippen LogP contribution in [0.1, 0.15) is 44.9 Å². The number of carbonyl (C=O) groups excluding carboxylic acids is 2. The van der Waals surface area contributed by atoms with Crippen LogP contribution in [0, 0.1) is 5.92 Å². The van der Waals surface area contributed by atoms with Crippen LogP contribution in [-0.4, -0.2) is 98.4 Å². The minimum Gasteiger partial charge on any atom is -0.483 e. The van der Waals surface area contributed by atoms with Crippen LogP contribution in [0.3, 0.4) is 0 Å². The first kappa shape index (κ1) is 24.6. The minimum absolute atomic E-state index is 0.0279. The molecule has 0 aromatic carbocycles. The summed E-state index contributed by atoms with van der Waals surface area (Å²) in [4.78, 5) is 37.6. The molecular weight excluding hydrogens is 390 g/mol. The molecule has 0 aromatic rings. The normalized spacial score (nSPS) is 24.5. The number of nitrogens with zero attached hydrogens (tertiary/aromatic N) is 2. The summed E-state index contributed by atoms with van der Waals surface area (Å²) >= 11 is 0. The Morgan fingerprint density at radius 2 is 1.90 bits per heavy atom. The molecule has 30 heavy (non-hydrogen) atoms. The SMILES string of the molecule is COCCN1CC(C(=O)NCC2(N3CCOCC3)CCCCCC2)CC1=O.O=CO. The number of hydrogen-bond acceptors (Lipinski definition) is 6. The Labute approximate surface area is 179 Å². The number of morpholine rings is 1. The Bertz CT molecular complexity index is 545. The van der Waals surface area contributed by atoms with Crippen molar-refractivity contribution in [3.8, 4) is 0 Å². The van der Waals surface area contributed by atoms with E-state index in [1.807, 2.05) is 0 Å². The number of rotatable bonds is 7. The van der Waals surface area contributed by atoms with E-state index in [1.54, 1.807) is 12.0 Å². The van der Waals surface area contributed by atoms with Gasteiger partial charge in [-0.05, 0) is 12.8 Å². The Morgan fingerprint density at radius 3 is 2.50 bits per heavy atom. The molecule has 172 valence electrons. The number of ether oxygens (including phenoxy) is 2. The van der Waals surface area contributed by atoms with Crippen molar-refractivity contribution < 1.29 is 29.0 Å². The average Bonchev–Trinajstić information content (AvgIpc) is 2.97. The van der Waals surface area contributed by atoms with Crippen molar-refractivity contribution in [2.45, 2.75) is 50.5 Å². The summed E-state index contributed by atoms with van der Waals surface area (Å²) in [6.45, 7) is 5.48. The number of nitrogens with one attached hydrogen (secondary N) is 1. The molecule has 2 aliphatic heterocycles. The molecule has 2 saturated heterocycles. The Balaban J connectivity index is 0.00000101. The smallest absolute Gasteiger partial charge is 0.290 e. The third-order valence-electron chi connectivity index (χ3n) is 6.46. The first-order chi connectivity index (χ1) is 14.6. The van der Waals surface area contributed by atoms with E-state index in [2.05, 4.69) is 10.2 Å². The third-order valence-corrected chi connectivity index (χ3v) is 6.46. The standard InChI is InChI=1S/C20H35N3O4.CH2O2/c1-26-11-8-22-15-17(14-18(22)24)19(25)21-16-20(6-4-2-3-5-7-20)23-9-12-27-13-10-23;2-1-3/h17H,2-16H2,1H3,(H,21,25);1H,(H,2,3). The molecule has 1 atom stereocenters. The molecule has 1 unspecified atom stereocenters. The van der Waals surface area contributed by atoms with Crippen molar-refractivity contribution in [3.63, 3.8) is 0 Å². The van der Waals surface area contributed by atoms with Crippen LogP contribution >= 0.6 is 0 Å². The molecule has 9 heteroatoms. The van der Waals surface area contributed by atoms with E-state index in [9.17, 15) is 9.59 Å². The fraction of sp³-hybridized carbons (Fsp3) is 0.857. The van der Waals surface area contributed by atoms with E-state index < -0.39 is 0 Å². The van der Waals surface area contributed by atoms with E-state index >= 15 is 0 Å². The van der Waals surface area contributed by atoms with Gasteiger partial charge in [-0.15, -0.1) is 0 Å². The summed E-state index contributed by atoms with van der Waals surface area (Å²) in [7, 11) is 1.63. The van der Waals surface area contributed by atoms with Gasteiger partial charge >= 0.3 is 0 Å². The van der Waals surface area contributed by atoms with Crippen molar-refractivity contribution in [2.24, 2.45) is 5.92 Å². The third kappa shape index (κ3) is 6.92. The summed E-state index contributed by atoms with van der Waals surface area (Å²) in [5.41, 5.74) is 0.0499. The summed E-state index contributed by atoms with van der Waals surface area (Å²) < 4.78 is 10.6. The van der Waals surface area contributed by atoms with Gasteiger partial charge in [-0.3, -0.25) is 19.3 Å². The van der Waals surface area contributed by atoms with Crippen LogP contribution < -0.4 is 5.32 Å². The van der Waals surface area contributed by atoms with Crippen molar-refractivity contribution in [1.29, 1.82) is 0 Å². The zero-order valence-electron chi connectivity index (χ0n) is 18.1. The first-order valence-electron chi connectivity index (χ1n) is 11.0. The molecule has 2 heterocycles. The van der Waals surface area contributed by atoms with Gasteiger partial charge in [0.15, 0.2) is 0 Å². The van der Waals surface area contributed by atoms with E-state index in [4.69, 9.17) is 19.4 Å². The highest BCUT2D eigenvalue weighted by Crippen LogP contribution is 2.33. The van der Waals surface area contributed by atoms with Crippen molar-refractivity contribution in [1.82, 2.24) is 15.1 Å². The lowest BCUT2D eigenvalue weighted by atomic mass is 9.87. The fourth-order valence-electron chi connectivity index (χ4n) is 4.79. The largest absolute Gasteiger partial charge is 0.483 e. The Kier molecular flexibility index (Phi) is 10.5. The molecule has 9 nitrogen and oxygen atoms in total. The van der Waals surface area contributed by atoms with E-state index in [-0.39, 0.29) is 29.7 Å². The quantitative estimate of drug-likeness (QED) is 0.455. The monoisotopic (exact) mass is 427 g/mol. The topological polar surface area (TPSA) is 108 Å². The Morgan fingerprint density at radius 1 is 1.27 bits per heavy atom. The second kappa shape index (κ2) is 12.9. The number of hydrogen-bond donors (Lipinski definition) is 2. The highest BCUT2D eigenvalue weighted by atomic mass is 16.5. The summed E-state index contributed by atoms with van der Waals surface area (Å²) in [5.74, 6) is -0.147. The molecule has 3 aliphatic rings. The molecule has 0 spiro atoms. The van der Waals surface area contributed by atoms with Gasteiger partial charge in [-0.2, -0.15) is 0 Å². The van der Waals surface area contributed by atoms with Crippen molar-refractivity contribution >= 4 is 18.3 Å². The first-order valence-corrected chi connectivity index (χ1v) is 11.0. The van der Waals surface area contributed by atoms with E-state index in [1.165, 1.54) is 25.7 Å². The van der Waals surface area contributed by atoms with Crippen LogP contribution in [0.25, 0.3) is 0 Å². The minimum atomic E-state index is -0.250. The predicted octanol–water partition coefficient (Wildman–Crippen LogP) is 0.724. The summed E-state index contributed by atoms with van der Waals surface area (Å²) in [5, 5.41) is 10.1. The van der Waals surface area contributed by atoms with Crippen LogP contribution in [-0.2, 0) is 23.9 Å². The number of carbonyl (C=O) groups is 3. The van der Waals surface area contributed by atoms with Crippen LogP contribution in [0.15, 0.2) is 0 Å². The van der Waals surface area contributed by atoms with Gasteiger partial charge in [0.05, 0.1) is 25.7 Å². The molecule has 0 radical (unpaired) electrons. The van der Waals surface area contributed by atoms with Crippen LogP contribution in [0.2, 0.25) is 0 Å². The van der Waals surface area contributed by atoms with Crippen LogP contribution in [0.5, 0.6) is 0 Å². The second-order valence-corrected chi connectivity index (χ2v) is 8.29. The van der Waals surface area contributed by atoms with Gasteiger partial charge in [-0.25, -0.2) is 0 Å². The Hall–Kier alpha value is -1.71. The van der Waals surface area contributed by atoms with Gasteiger partial charge in [0.1, 0.15) is 0 Å². The molecule has 3 rings (SSSR count). The molecule has 0 aromatic heterocycles. The van der Waals surface area contributed by atoms with Crippen molar-refractivity contribution in [3.05, 3.63) is 0 Å². The zero-order valence-corrected chi connectivity index (χ0v) is 18.1. The maximum Gasteiger partial charge on any atom is 0.290 e. The molecule has 2 N–H and O–H groups in total. The number of carboxylic acid groups (broad SMARTS) is 1. The summed E-state index contributed by atoms with van der Waals surface area (Å²) in [6.07, 6.45) is 7.60. The number of likely N-dealkylation sites (tertiary alicyclic amines) is 1. The lowest BCUT2D eigenvalue weighted by molar-refractivity contribution is -0.129. The lowest BCUT2D eigenvalue weighted by Crippen LogP contribution is -2.59. The number of methoxy groups -OCH3 is 1. The molecule has 0 bridgehead atoms. The highest BCUT2D eigenvalue weighted by Gasteiger charge is 2.40. The maximum absolute atomic E-state index is 12.8. The molecule has 1 aliphatic carbocycles. The van der Waals surface area contributed by atoms with Gasteiger partial charge < -0.3 is 24.8 Å². The van der Waals surface area contributed by atoms with E-state index in [0.29, 0.717) is 32.7 Å². The van der Waals surface area contributed by atoms with Crippen molar-refractivity contribution in [2.75, 3.05) is 59.7 Å². The maximum atomic E-state index is 12.8. The van der Waals surface area contributed by atoms with Gasteiger partial charge in [0.25, 0.3) is 6.47 Å². The van der Waals surface area contributed by atoms with Gasteiger partial charge in [0.2, 0.25) is 11.8 Å². The average molecular weight is 428 g/mol. The van der Waals surface area contributed by atoms with E-state index in [0.717, 1.165) is 39.1 Å².